The molecule has 0 fully saturated rings. The Morgan fingerprint density at radius 1 is 1.54 bits per heavy atom. The maximum absolute atomic E-state index is 11.2. The van der Waals surface area contributed by atoms with Crippen molar-refractivity contribution in [1.82, 2.24) is 10.1 Å². The largest absolute Gasteiger partial charge is 0.508 e. The molecule has 0 atom stereocenters. The molecule has 4 N–H and O–H groups in total. The molecule has 2 rings (SSSR count). The first kappa shape index (κ1) is 7.53. The van der Waals surface area contributed by atoms with Crippen molar-refractivity contribution in [3.8, 4) is 5.75 Å². The van der Waals surface area contributed by atoms with Crippen molar-refractivity contribution in [1.29, 1.82) is 0 Å². The zero-order valence-corrected chi connectivity index (χ0v) is 6.56. The van der Waals surface area contributed by atoms with Gasteiger partial charge in [0, 0.05) is 0 Å². The van der Waals surface area contributed by atoms with Gasteiger partial charge >= 0.3 is 5.52 Å². The monoisotopic (exact) mass is 179 g/mol. The highest BCUT2D eigenvalue weighted by molar-refractivity contribution is 5.72. The molecule has 0 saturated carbocycles. The Bertz CT molecular complexity index is 519. The lowest BCUT2D eigenvalue weighted by atomic mass is 10.3. The molecule has 66 valence electrons. The van der Waals surface area contributed by atoms with Crippen LogP contribution >= 0.6 is 0 Å². The van der Waals surface area contributed by atoms with Gasteiger partial charge in [0.15, 0.2) is 4.54 Å². The number of fused-ring (bicyclic) bond motifs is 1. The van der Waals surface area contributed by atoms with E-state index in [4.69, 9.17) is 10.8 Å². The fourth-order valence-electron chi connectivity index (χ4n) is 1.09. The van der Waals surface area contributed by atoms with E-state index in [0.717, 1.165) is 0 Å². The van der Waals surface area contributed by atoms with E-state index in [2.05, 4.69) is 10.1 Å². The molecule has 0 unspecified atom stereocenters. The van der Waals surface area contributed by atoms with E-state index in [-0.39, 0.29) is 17.2 Å². The third-order valence-corrected chi connectivity index (χ3v) is 1.63. The SMILES string of the molecule is Nc1nc2ccc(O)cc2[n+](=O)[nH]1. The van der Waals surface area contributed by atoms with Crippen LogP contribution in [0.4, 0.5) is 5.95 Å². The molecule has 0 saturated heterocycles. The molecular weight excluding hydrogens is 172 g/mol. The molecule has 0 aliphatic heterocycles. The molecule has 6 nitrogen and oxygen atoms in total. The molecule has 0 radical (unpaired) electrons. The van der Waals surface area contributed by atoms with E-state index in [0.29, 0.717) is 10.1 Å². The number of anilines is 1. The minimum absolute atomic E-state index is 0.0112. The summed E-state index contributed by atoms with van der Waals surface area (Å²) in [6, 6.07) is 4.27. The average molecular weight is 179 g/mol. The van der Waals surface area contributed by atoms with Gasteiger partial charge in [-0.15, -0.1) is 0 Å². The number of rotatable bonds is 0. The van der Waals surface area contributed by atoms with Crippen molar-refractivity contribution >= 4 is 17.0 Å². The molecule has 0 aliphatic rings. The molecule has 6 heteroatoms. The summed E-state index contributed by atoms with van der Waals surface area (Å²) in [4.78, 5) is 15.0. The van der Waals surface area contributed by atoms with E-state index in [1.165, 1.54) is 18.2 Å². The summed E-state index contributed by atoms with van der Waals surface area (Å²) in [6.07, 6.45) is 0. The van der Waals surface area contributed by atoms with Crippen LogP contribution in [0.2, 0.25) is 0 Å². The van der Waals surface area contributed by atoms with Crippen LogP contribution in [-0.4, -0.2) is 15.2 Å². The van der Waals surface area contributed by atoms with Gasteiger partial charge < -0.3 is 10.8 Å². The molecule has 0 amide bonds. The second-order valence-corrected chi connectivity index (χ2v) is 2.58. The molecule has 1 aromatic carbocycles. The normalized spacial score (nSPS) is 10.5. The number of nitrogens with zero attached hydrogens (tertiary/aromatic N) is 2. The quantitative estimate of drug-likeness (QED) is 0.486. The number of phenols is 1. The van der Waals surface area contributed by atoms with Gasteiger partial charge in [-0.3, -0.25) is 0 Å². The van der Waals surface area contributed by atoms with Crippen molar-refractivity contribution in [2.45, 2.75) is 0 Å². The van der Waals surface area contributed by atoms with Gasteiger partial charge in [-0.1, -0.05) is 5.10 Å². The van der Waals surface area contributed by atoms with E-state index >= 15 is 0 Å². The zero-order valence-electron chi connectivity index (χ0n) is 6.56. The number of H-pyrrole nitrogens is 1. The summed E-state index contributed by atoms with van der Waals surface area (Å²) < 4.78 is 0.456. The van der Waals surface area contributed by atoms with Crippen molar-refractivity contribution < 1.29 is 9.65 Å². The highest BCUT2D eigenvalue weighted by Gasteiger charge is 2.09. The van der Waals surface area contributed by atoms with Crippen LogP contribution in [-0.2, 0) is 0 Å². The summed E-state index contributed by atoms with van der Waals surface area (Å²) >= 11 is 0. The third kappa shape index (κ3) is 1.18. The van der Waals surface area contributed by atoms with Gasteiger partial charge in [0.1, 0.15) is 11.3 Å². The van der Waals surface area contributed by atoms with Crippen LogP contribution < -0.4 is 10.3 Å². The van der Waals surface area contributed by atoms with Crippen LogP contribution in [0.1, 0.15) is 0 Å². The fraction of sp³-hybridized carbons (Fsp3) is 0. The molecule has 13 heavy (non-hydrogen) atoms. The lowest BCUT2D eigenvalue weighted by molar-refractivity contribution is -0.535. The lowest BCUT2D eigenvalue weighted by Crippen LogP contribution is -2.22. The number of aromatic nitrogens is 3. The number of aromatic amines is 1. The predicted molar refractivity (Wildman–Crippen MR) is 45.5 cm³/mol. The second-order valence-electron chi connectivity index (χ2n) is 2.58. The highest BCUT2D eigenvalue weighted by Crippen LogP contribution is 2.13. The van der Waals surface area contributed by atoms with Gasteiger partial charge in [0.25, 0.3) is 5.95 Å². The van der Waals surface area contributed by atoms with Crippen LogP contribution in [0.3, 0.4) is 0 Å². The van der Waals surface area contributed by atoms with Crippen LogP contribution in [0.5, 0.6) is 5.75 Å². The number of nitrogens with two attached hydrogens (primary N) is 1. The molecule has 1 aromatic heterocycles. The molecule has 0 bridgehead atoms. The molecular formula is C7H7N4O2+. The fourth-order valence-corrected chi connectivity index (χ4v) is 1.09. The minimum atomic E-state index is 0.0112. The predicted octanol–water partition coefficient (Wildman–Crippen LogP) is -0.235. The molecule has 0 spiro atoms. The first-order chi connectivity index (χ1) is 6.16. The summed E-state index contributed by atoms with van der Waals surface area (Å²) in [5, 5.41) is 11.4. The molecule has 0 aliphatic carbocycles. The number of benzene rings is 1. The average Bonchev–Trinajstić information content (AvgIpc) is 2.06. The van der Waals surface area contributed by atoms with Crippen molar-refractivity contribution in [3.05, 3.63) is 23.1 Å². The van der Waals surface area contributed by atoms with E-state index in [1.807, 2.05) is 0 Å². The summed E-state index contributed by atoms with van der Waals surface area (Å²) in [6.45, 7) is 0. The van der Waals surface area contributed by atoms with Gasteiger partial charge in [0.2, 0.25) is 0 Å². The summed E-state index contributed by atoms with van der Waals surface area (Å²) in [5.74, 6) is 0.0465. The maximum Gasteiger partial charge on any atom is 0.321 e. The lowest BCUT2D eigenvalue weighted by Gasteiger charge is -1.91. The third-order valence-electron chi connectivity index (χ3n) is 1.63. The van der Waals surface area contributed by atoms with E-state index in [1.54, 1.807) is 0 Å². The van der Waals surface area contributed by atoms with Crippen molar-refractivity contribution in [3.63, 3.8) is 0 Å². The summed E-state index contributed by atoms with van der Waals surface area (Å²) in [5.41, 5.74) is 5.99. The number of aromatic hydroxyl groups is 1. The van der Waals surface area contributed by atoms with Crippen LogP contribution in [0.15, 0.2) is 18.2 Å². The van der Waals surface area contributed by atoms with Gasteiger partial charge in [0.05, 0.1) is 11.0 Å². The summed E-state index contributed by atoms with van der Waals surface area (Å²) in [7, 11) is 0. The number of hydrogen-bond acceptors (Lipinski definition) is 4. The standard InChI is InChI=1S/C7H6N4O2/c8-7-9-5-2-1-4(12)3-6(5)11(13)10-7/h1-3H,(H3-,8,9,10,12,13)/p+1. The van der Waals surface area contributed by atoms with Gasteiger partial charge in [-0.2, -0.15) is 0 Å². The highest BCUT2D eigenvalue weighted by atomic mass is 16.3. The van der Waals surface area contributed by atoms with E-state index < -0.39 is 0 Å². The number of hydrogen-bond donors (Lipinski definition) is 3. The van der Waals surface area contributed by atoms with Gasteiger partial charge in [-0.05, 0) is 12.1 Å². The minimum Gasteiger partial charge on any atom is -0.508 e. The number of nitrogen functional groups attached to an aromatic ring is 1. The molecule has 2 aromatic rings. The van der Waals surface area contributed by atoms with Crippen molar-refractivity contribution in [2.24, 2.45) is 0 Å². The number of phenolic OH excluding ortho intramolecular Hbond substituents is 1. The second kappa shape index (κ2) is 2.44. The maximum atomic E-state index is 11.2. The van der Waals surface area contributed by atoms with Gasteiger partial charge in [-0.25, -0.2) is 4.98 Å². The zero-order chi connectivity index (χ0) is 9.42. The number of nitrogens with one attached hydrogen (secondary N) is 1. The Morgan fingerprint density at radius 2 is 2.31 bits per heavy atom. The Morgan fingerprint density at radius 3 is 3.08 bits per heavy atom. The van der Waals surface area contributed by atoms with Crippen LogP contribution in [0.25, 0.3) is 11.0 Å². The van der Waals surface area contributed by atoms with Crippen molar-refractivity contribution in [2.75, 3.05) is 5.73 Å². The Kier molecular flexibility index (Phi) is 1.42. The molecule has 1 heterocycles. The first-order valence-corrected chi connectivity index (χ1v) is 3.58. The topological polar surface area (TPSA) is 97.9 Å². The Hall–Kier alpha value is -2.11. The van der Waals surface area contributed by atoms with Crippen LogP contribution in [0, 0.1) is 4.91 Å². The smallest absolute Gasteiger partial charge is 0.321 e. The Balaban J connectivity index is 2.95. The first-order valence-electron chi connectivity index (χ1n) is 3.58. The van der Waals surface area contributed by atoms with E-state index in [9.17, 15) is 4.91 Å². The Labute approximate surface area is 72.2 Å².